The van der Waals surface area contributed by atoms with Crippen LogP contribution in [0.2, 0.25) is 0 Å². The van der Waals surface area contributed by atoms with E-state index < -0.39 is 8.03 Å². The van der Waals surface area contributed by atoms with Crippen LogP contribution in [0.1, 0.15) is 110 Å². The van der Waals surface area contributed by atoms with Crippen LogP contribution in [0.25, 0.3) is 0 Å². The van der Waals surface area contributed by atoms with Gasteiger partial charge >= 0.3 is 8.03 Å². The van der Waals surface area contributed by atoms with Crippen LogP contribution >= 0.6 is 8.03 Å². The first-order chi connectivity index (χ1) is 13.3. The Kier molecular flexibility index (Phi) is 17.5. The molecule has 0 amide bonds. The Morgan fingerprint density at radius 3 is 1.64 bits per heavy atom. The summed E-state index contributed by atoms with van der Waals surface area (Å²) in [6.07, 6.45) is 24.4. The van der Waals surface area contributed by atoms with Gasteiger partial charge in [-0.2, -0.15) is 0 Å². The summed E-state index contributed by atoms with van der Waals surface area (Å²) in [6.45, 7) is 4.40. The molecule has 166 valence electrons. The molecule has 4 heteroatoms. The molecule has 0 aromatic rings. The van der Waals surface area contributed by atoms with Crippen molar-refractivity contribution in [2.24, 2.45) is 5.92 Å². The summed E-state index contributed by atoms with van der Waals surface area (Å²) in [5.41, 5.74) is 0. The van der Waals surface area contributed by atoms with E-state index in [0.717, 1.165) is 6.42 Å². The number of allylic oxidation sites excluding steroid dienone is 2. The first-order valence-corrected chi connectivity index (χ1v) is 13.1. The third-order valence-corrected chi connectivity index (χ3v) is 7.05. The van der Waals surface area contributed by atoms with E-state index >= 15 is 0 Å². The summed E-state index contributed by atoms with van der Waals surface area (Å²) in [4.78, 5) is 11.5. The van der Waals surface area contributed by atoms with Gasteiger partial charge < -0.3 is 4.89 Å². The van der Waals surface area contributed by atoms with Gasteiger partial charge in [-0.05, 0) is 18.8 Å². The fraction of sp³-hybridized carbons (Fsp3) is 0.917. The number of unbranched alkanes of at least 4 members (excludes halogenated alkanes) is 13. The highest BCUT2D eigenvalue weighted by molar-refractivity contribution is 7.37. The molecule has 0 rings (SSSR count). The van der Waals surface area contributed by atoms with E-state index in [9.17, 15) is 9.46 Å². The summed E-state index contributed by atoms with van der Waals surface area (Å²) >= 11 is 0. The third-order valence-electron chi connectivity index (χ3n) is 5.66. The molecule has 28 heavy (non-hydrogen) atoms. The van der Waals surface area contributed by atoms with E-state index in [1.165, 1.54) is 83.5 Å². The molecule has 0 saturated carbocycles. The lowest BCUT2D eigenvalue weighted by Crippen LogP contribution is -2.44. The maximum atomic E-state index is 11.5. The smallest absolute Gasteiger partial charge is 0.373 e. The fourth-order valence-corrected chi connectivity index (χ4v) is 4.78. The molecule has 3 unspecified atom stereocenters. The van der Waals surface area contributed by atoms with Crippen molar-refractivity contribution in [2.45, 2.75) is 116 Å². The number of hydrogen-bond acceptors (Lipinski definition) is 2. The average Bonchev–Trinajstić information content (AvgIpc) is 2.61. The maximum absolute atomic E-state index is 11.5. The second-order valence-corrected chi connectivity index (χ2v) is 10.7. The highest BCUT2D eigenvalue weighted by Gasteiger charge is 2.35. The van der Waals surface area contributed by atoms with Gasteiger partial charge in [0.25, 0.3) is 5.78 Å². The van der Waals surface area contributed by atoms with E-state index in [1.807, 2.05) is 21.1 Å². The monoisotopic (exact) mass is 414 g/mol. The molecule has 0 spiro atoms. The van der Waals surface area contributed by atoms with Gasteiger partial charge in [0, 0.05) is 0 Å². The van der Waals surface area contributed by atoms with E-state index in [4.69, 9.17) is 0 Å². The minimum absolute atomic E-state index is 0.300. The van der Waals surface area contributed by atoms with E-state index in [-0.39, 0.29) is 5.78 Å². The molecule has 0 N–H and O–H groups in total. The van der Waals surface area contributed by atoms with Gasteiger partial charge in [0.15, 0.2) is 0 Å². The normalized spacial score (nSPS) is 15.1. The molecule has 3 nitrogen and oxygen atoms in total. The Balaban J connectivity index is 3.56. The van der Waals surface area contributed by atoms with Crippen molar-refractivity contribution in [3.8, 4) is 0 Å². The van der Waals surface area contributed by atoms with Crippen molar-refractivity contribution in [1.29, 1.82) is 0 Å². The molecule has 0 aliphatic rings. The Bertz CT molecular complexity index is 404. The largest absolute Gasteiger partial charge is 0.591 e. The molecule has 0 aromatic heterocycles. The van der Waals surface area contributed by atoms with Crippen LogP contribution in [0, 0.1) is 5.92 Å². The van der Waals surface area contributed by atoms with Crippen molar-refractivity contribution >= 4 is 8.03 Å². The molecule has 0 saturated heterocycles. The lowest BCUT2D eigenvalue weighted by Gasteiger charge is -2.28. The lowest BCUT2D eigenvalue weighted by atomic mass is 10.0. The van der Waals surface area contributed by atoms with Gasteiger partial charge in [-0.25, -0.2) is 0 Å². The molecule has 0 fully saturated rings. The van der Waals surface area contributed by atoms with Crippen LogP contribution in [0.3, 0.4) is 0 Å². The molecule has 0 bridgehead atoms. The Morgan fingerprint density at radius 2 is 1.25 bits per heavy atom. The van der Waals surface area contributed by atoms with Gasteiger partial charge in [-0.3, -0.25) is 4.48 Å². The van der Waals surface area contributed by atoms with Gasteiger partial charge in [-0.1, -0.05) is 108 Å². The predicted molar refractivity (Wildman–Crippen MR) is 123 cm³/mol. The third kappa shape index (κ3) is 16.7. The zero-order valence-corrected chi connectivity index (χ0v) is 20.5. The van der Waals surface area contributed by atoms with Gasteiger partial charge in [-0.15, -0.1) is 0 Å². The second-order valence-electron chi connectivity index (χ2n) is 9.55. The lowest BCUT2D eigenvalue weighted by molar-refractivity contribution is -0.883. The number of rotatable bonds is 19. The van der Waals surface area contributed by atoms with Gasteiger partial charge in [0.05, 0.1) is 27.6 Å². The van der Waals surface area contributed by atoms with Crippen molar-refractivity contribution in [3.05, 3.63) is 12.2 Å². The minimum Gasteiger partial charge on any atom is -0.591 e. The first kappa shape index (κ1) is 27.8. The number of nitrogens with zero attached hydrogens (tertiary/aromatic N) is 1. The molecular formula is C24H49NO2P+. The molecule has 0 aromatic carbocycles. The highest BCUT2D eigenvalue weighted by atomic mass is 31.1. The topological polar surface area (TPSA) is 40.1 Å². The van der Waals surface area contributed by atoms with E-state index in [0.29, 0.717) is 16.8 Å². The summed E-state index contributed by atoms with van der Waals surface area (Å²) in [5.74, 6) is 0.0169. The molecule has 0 aliphatic heterocycles. The van der Waals surface area contributed by atoms with Crippen LogP contribution in [0.4, 0.5) is 0 Å². The fourth-order valence-electron chi connectivity index (χ4n) is 3.70. The highest BCUT2D eigenvalue weighted by Crippen LogP contribution is 2.30. The summed E-state index contributed by atoms with van der Waals surface area (Å²) in [6, 6.07) is 0. The van der Waals surface area contributed by atoms with Crippen LogP contribution in [-0.4, -0.2) is 31.4 Å². The molecule has 0 radical (unpaired) electrons. The standard InChI is InChI=1S/C24H49NO2P/c1-6-7-8-9-10-11-12-13-14-15-16-17-18-19-20-21-23(2)22-24(28(26)27)25(3,4)5/h20-21,23-24H,6-19,22H2,1-5H3/q+1/b21-20-. The van der Waals surface area contributed by atoms with Crippen LogP contribution in [-0.2, 0) is 4.57 Å². The van der Waals surface area contributed by atoms with E-state index in [2.05, 4.69) is 26.0 Å². The Hall–Kier alpha value is -0.240. The summed E-state index contributed by atoms with van der Waals surface area (Å²) in [7, 11) is 3.49. The van der Waals surface area contributed by atoms with Crippen LogP contribution < -0.4 is 4.89 Å². The van der Waals surface area contributed by atoms with Crippen LogP contribution in [0.5, 0.6) is 0 Å². The van der Waals surface area contributed by atoms with Crippen molar-refractivity contribution in [2.75, 3.05) is 21.1 Å². The van der Waals surface area contributed by atoms with E-state index in [1.54, 1.807) is 0 Å². The summed E-state index contributed by atoms with van der Waals surface area (Å²) in [5, 5.41) is 0. The number of quaternary nitrogens is 1. The van der Waals surface area contributed by atoms with Crippen LogP contribution in [0.15, 0.2) is 12.2 Å². The zero-order valence-electron chi connectivity index (χ0n) is 19.6. The molecule has 3 atom stereocenters. The molecule has 0 aliphatic carbocycles. The molecular weight excluding hydrogens is 365 g/mol. The van der Waals surface area contributed by atoms with Gasteiger partial charge in [0.1, 0.15) is 0 Å². The Labute approximate surface area is 177 Å². The molecule has 0 heterocycles. The van der Waals surface area contributed by atoms with Crippen molar-refractivity contribution in [3.63, 3.8) is 0 Å². The summed E-state index contributed by atoms with van der Waals surface area (Å²) < 4.78 is 12.0. The average molecular weight is 415 g/mol. The zero-order chi connectivity index (χ0) is 21.3. The quantitative estimate of drug-likeness (QED) is 0.0971. The predicted octanol–water partition coefficient (Wildman–Crippen LogP) is 7.19. The second kappa shape index (κ2) is 17.6. The Morgan fingerprint density at radius 1 is 0.821 bits per heavy atom. The number of hydrogen-bond donors (Lipinski definition) is 0. The minimum atomic E-state index is -2.38. The van der Waals surface area contributed by atoms with Gasteiger partial charge in [0.2, 0.25) is 0 Å². The maximum Gasteiger partial charge on any atom is 0.373 e. The first-order valence-electron chi connectivity index (χ1n) is 11.9. The SMILES string of the molecule is CCCCCCCCCCCCCCC/C=C\C(C)CC([P+](=O)[O-])[N+](C)(C)C. The van der Waals surface area contributed by atoms with Crippen molar-refractivity contribution in [1.82, 2.24) is 0 Å². The van der Waals surface area contributed by atoms with Crippen molar-refractivity contribution < 1.29 is 13.9 Å².